The zero-order chi connectivity index (χ0) is 17.3. The average molecular weight is 370 g/mol. The number of hydrogen-bond donors (Lipinski definition) is 1. The Morgan fingerprint density at radius 3 is 2.83 bits per heavy atom. The lowest BCUT2D eigenvalue weighted by atomic mass is 10.00. The van der Waals surface area contributed by atoms with Crippen LogP contribution in [0.5, 0.6) is 5.75 Å². The molecule has 1 aliphatic rings. The van der Waals surface area contributed by atoms with E-state index in [1.165, 1.54) is 19.2 Å². The van der Waals surface area contributed by atoms with Crippen molar-refractivity contribution in [3.05, 3.63) is 51.8 Å². The normalized spacial score (nSPS) is 15.6. The van der Waals surface area contributed by atoms with Crippen LogP contribution in [0, 0.1) is 5.82 Å². The summed E-state index contributed by atoms with van der Waals surface area (Å²) in [6.07, 6.45) is -0.465. The van der Waals surface area contributed by atoms with E-state index in [2.05, 4.69) is 5.32 Å². The SMILES string of the molecule is CNC(=O)OCC1Cc2cc(F)cc(-c3ccc(Cl)cc3Cl)c2O1. The third-order valence-corrected chi connectivity index (χ3v) is 4.24. The first-order valence-electron chi connectivity index (χ1n) is 7.27. The van der Waals surface area contributed by atoms with Gasteiger partial charge in [-0.25, -0.2) is 9.18 Å². The molecule has 0 fully saturated rings. The van der Waals surface area contributed by atoms with Crippen LogP contribution in [0.15, 0.2) is 30.3 Å². The van der Waals surface area contributed by atoms with Crippen molar-refractivity contribution in [1.82, 2.24) is 5.32 Å². The van der Waals surface area contributed by atoms with Gasteiger partial charge in [0.1, 0.15) is 24.3 Å². The molecule has 0 saturated carbocycles. The number of nitrogens with one attached hydrogen (secondary N) is 1. The van der Waals surface area contributed by atoms with Crippen LogP contribution < -0.4 is 10.1 Å². The molecule has 24 heavy (non-hydrogen) atoms. The second-order valence-electron chi connectivity index (χ2n) is 5.36. The lowest BCUT2D eigenvalue weighted by Gasteiger charge is -2.14. The molecule has 0 spiro atoms. The number of carbonyl (C=O) groups excluding carboxylic acids is 1. The van der Waals surface area contributed by atoms with Crippen molar-refractivity contribution >= 4 is 29.3 Å². The molecule has 0 saturated heterocycles. The van der Waals surface area contributed by atoms with Gasteiger partial charge in [0.15, 0.2) is 0 Å². The van der Waals surface area contributed by atoms with E-state index in [0.717, 1.165) is 0 Å². The van der Waals surface area contributed by atoms with E-state index in [4.69, 9.17) is 32.7 Å². The fourth-order valence-electron chi connectivity index (χ4n) is 2.64. The Morgan fingerprint density at radius 2 is 2.12 bits per heavy atom. The lowest BCUT2D eigenvalue weighted by molar-refractivity contribution is 0.0941. The molecule has 1 heterocycles. The molecule has 1 N–H and O–H groups in total. The molecule has 0 aliphatic carbocycles. The second kappa shape index (κ2) is 6.87. The molecule has 0 aromatic heterocycles. The monoisotopic (exact) mass is 369 g/mol. The molecule has 2 aromatic carbocycles. The second-order valence-corrected chi connectivity index (χ2v) is 6.20. The highest BCUT2D eigenvalue weighted by atomic mass is 35.5. The molecule has 1 amide bonds. The Labute approximate surface area is 148 Å². The molecule has 0 radical (unpaired) electrons. The smallest absolute Gasteiger partial charge is 0.406 e. The summed E-state index contributed by atoms with van der Waals surface area (Å²) in [5.41, 5.74) is 1.89. The van der Waals surface area contributed by atoms with Gasteiger partial charge in [0, 0.05) is 35.2 Å². The summed E-state index contributed by atoms with van der Waals surface area (Å²) in [5, 5.41) is 3.26. The molecule has 4 nitrogen and oxygen atoms in total. The number of alkyl carbamates (subject to hydrolysis) is 1. The van der Waals surface area contributed by atoms with Crippen molar-refractivity contribution in [3.8, 4) is 16.9 Å². The zero-order valence-corrected chi connectivity index (χ0v) is 14.2. The van der Waals surface area contributed by atoms with Crippen LogP contribution in [0.2, 0.25) is 10.0 Å². The van der Waals surface area contributed by atoms with Gasteiger partial charge in [0.25, 0.3) is 0 Å². The maximum Gasteiger partial charge on any atom is 0.406 e. The third kappa shape index (κ3) is 3.42. The van der Waals surface area contributed by atoms with Gasteiger partial charge in [0.2, 0.25) is 0 Å². The predicted molar refractivity (Wildman–Crippen MR) is 90.4 cm³/mol. The van der Waals surface area contributed by atoms with Crippen LogP contribution in [0.3, 0.4) is 0 Å². The number of rotatable bonds is 3. The van der Waals surface area contributed by atoms with Crippen LogP contribution >= 0.6 is 23.2 Å². The van der Waals surface area contributed by atoms with Gasteiger partial charge < -0.3 is 14.8 Å². The van der Waals surface area contributed by atoms with Gasteiger partial charge in [-0.2, -0.15) is 0 Å². The van der Waals surface area contributed by atoms with Gasteiger partial charge in [-0.3, -0.25) is 0 Å². The fraction of sp³-hybridized carbons (Fsp3) is 0.235. The third-order valence-electron chi connectivity index (χ3n) is 3.69. The van der Waals surface area contributed by atoms with Crippen LogP contribution in [-0.4, -0.2) is 25.9 Å². The number of fused-ring (bicyclic) bond motifs is 1. The number of amides is 1. The van der Waals surface area contributed by atoms with E-state index in [9.17, 15) is 9.18 Å². The van der Waals surface area contributed by atoms with Gasteiger partial charge in [-0.05, 0) is 24.3 Å². The summed E-state index contributed by atoms with van der Waals surface area (Å²) in [6.45, 7) is 0.0732. The Hall–Kier alpha value is -1.98. The molecule has 3 rings (SSSR count). The number of hydrogen-bond acceptors (Lipinski definition) is 3. The van der Waals surface area contributed by atoms with Gasteiger partial charge in [0.05, 0.1) is 5.02 Å². The Balaban J connectivity index is 1.91. The number of ether oxygens (including phenoxy) is 2. The predicted octanol–water partition coefficient (Wildman–Crippen LogP) is 4.46. The highest BCUT2D eigenvalue weighted by Gasteiger charge is 2.28. The Kier molecular flexibility index (Phi) is 4.83. The molecular weight excluding hydrogens is 356 g/mol. The van der Waals surface area contributed by atoms with E-state index in [1.807, 2.05) is 0 Å². The van der Waals surface area contributed by atoms with E-state index in [0.29, 0.717) is 38.9 Å². The average Bonchev–Trinajstić information content (AvgIpc) is 2.94. The molecule has 7 heteroatoms. The molecule has 1 unspecified atom stereocenters. The first kappa shape index (κ1) is 16.9. The minimum atomic E-state index is -0.540. The van der Waals surface area contributed by atoms with Crippen molar-refractivity contribution in [2.75, 3.05) is 13.7 Å². The number of benzene rings is 2. The van der Waals surface area contributed by atoms with Crippen LogP contribution in [0.25, 0.3) is 11.1 Å². The molecule has 2 aromatic rings. The van der Waals surface area contributed by atoms with E-state index >= 15 is 0 Å². The van der Waals surface area contributed by atoms with Crippen molar-refractivity contribution in [3.63, 3.8) is 0 Å². The van der Waals surface area contributed by atoms with E-state index in [-0.39, 0.29) is 18.5 Å². The summed E-state index contributed by atoms with van der Waals surface area (Å²) in [5.74, 6) is 0.164. The summed E-state index contributed by atoms with van der Waals surface area (Å²) in [6, 6.07) is 7.79. The molecule has 1 aliphatic heterocycles. The lowest BCUT2D eigenvalue weighted by Crippen LogP contribution is -2.27. The molecule has 126 valence electrons. The maximum absolute atomic E-state index is 14.0. The summed E-state index contributed by atoms with van der Waals surface area (Å²) in [7, 11) is 1.47. The number of carbonyl (C=O) groups is 1. The fourth-order valence-corrected chi connectivity index (χ4v) is 3.15. The first-order chi connectivity index (χ1) is 11.5. The molecule has 1 atom stereocenters. The zero-order valence-electron chi connectivity index (χ0n) is 12.7. The van der Waals surface area contributed by atoms with Gasteiger partial charge >= 0.3 is 6.09 Å². The summed E-state index contributed by atoms with van der Waals surface area (Å²) >= 11 is 12.2. The first-order valence-corrected chi connectivity index (χ1v) is 8.02. The minimum absolute atomic E-state index is 0.0732. The summed E-state index contributed by atoms with van der Waals surface area (Å²) in [4.78, 5) is 11.2. The highest BCUT2D eigenvalue weighted by Crippen LogP contribution is 2.42. The van der Waals surface area contributed by atoms with Crippen molar-refractivity contribution < 1.29 is 18.7 Å². The number of halogens is 3. The highest BCUT2D eigenvalue weighted by molar-refractivity contribution is 6.36. The Bertz CT molecular complexity index is 798. The summed E-state index contributed by atoms with van der Waals surface area (Å²) < 4.78 is 24.9. The molecule has 0 bridgehead atoms. The van der Waals surface area contributed by atoms with Crippen molar-refractivity contribution in [2.45, 2.75) is 12.5 Å². The largest absolute Gasteiger partial charge is 0.486 e. The van der Waals surface area contributed by atoms with Crippen molar-refractivity contribution in [2.24, 2.45) is 0 Å². The molecular formula is C17H14Cl2FNO3. The van der Waals surface area contributed by atoms with Crippen LogP contribution in [0.1, 0.15) is 5.56 Å². The van der Waals surface area contributed by atoms with Crippen molar-refractivity contribution in [1.29, 1.82) is 0 Å². The van der Waals surface area contributed by atoms with E-state index in [1.54, 1.807) is 18.2 Å². The Morgan fingerprint density at radius 1 is 1.33 bits per heavy atom. The van der Waals surface area contributed by atoms with Crippen LogP contribution in [-0.2, 0) is 11.2 Å². The van der Waals surface area contributed by atoms with E-state index < -0.39 is 6.09 Å². The van der Waals surface area contributed by atoms with Crippen LogP contribution in [0.4, 0.5) is 9.18 Å². The van der Waals surface area contributed by atoms with Gasteiger partial charge in [-0.15, -0.1) is 0 Å². The van der Waals surface area contributed by atoms with Gasteiger partial charge in [-0.1, -0.05) is 29.3 Å². The standard InChI is InChI=1S/C17H14Cl2FNO3/c1-21-17(22)23-8-12-5-9-4-11(20)7-14(16(9)24-12)13-3-2-10(18)6-15(13)19/h2-4,6-7,12H,5,8H2,1H3,(H,21,22). The topological polar surface area (TPSA) is 47.6 Å². The minimum Gasteiger partial charge on any atom is -0.486 e. The maximum atomic E-state index is 14.0. The quantitative estimate of drug-likeness (QED) is 0.868.